The molecule has 0 radical (unpaired) electrons. The molecule has 1 aromatic carbocycles. The summed E-state index contributed by atoms with van der Waals surface area (Å²) in [5.74, 6) is 1.44. The number of benzene rings is 1. The Bertz CT molecular complexity index is 368. The van der Waals surface area contributed by atoms with Crippen molar-refractivity contribution in [2.24, 2.45) is 0 Å². The van der Waals surface area contributed by atoms with E-state index < -0.39 is 0 Å². The zero-order chi connectivity index (χ0) is 13.4. The molecule has 0 aliphatic rings. The third kappa shape index (κ3) is 4.98. The predicted molar refractivity (Wildman–Crippen MR) is 75.3 cm³/mol. The van der Waals surface area contributed by atoms with Crippen LogP contribution in [0.4, 0.5) is 0 Å². The number of thioether (sulfide) groups is 1. The van der Waals surface area contributed by atoms with Crippen molar-refractivity contribution in [2.75, 3.05) is 40.0 Å². The second kappa shape index (κ2) is 8.00. The first kappa shape index (κ1) is 14.9. The van der Waals surface area contributed by atoms with Crippen molar-refractivity contribution in [1.82, 2.24) is 10.2 Å². The Labute approximate surface area is 113 Å². The molecule has 18 heavy (non-hydrogen) atoms. The summed E-state index contributed by atoms with van der Waals surface area (Å²) < 4.78 is 5.09. The van der Waals surface area contributed by atoms with Gasteiger partial charge in [-0.15, -0.1) is 11.8 Å². The van der Waals surface area contributed by atoms with Crippen LogP contribution >= 0.6 is 11.8 Å². The van der Waals surface area contributed by atoms with Gasteiger partial charge in [-0.25, -0.2) is 0 Å². The van der Waals surface area contributed by atoms with Gasteiger partial charge in [0.15, 0.2) is 0 Å². The molecule has 5 heteroatoms. The van der Waals surface area contributed by atoms with Crippen LogP contribution in [-0.2, 0) is 4.79 Å². The van der Waals surface area contributed by atoms with Crippen LogP contribution in [0.1, 0.15) is 0 Å². The zero-order valence-corrected chi connectivity index (χ0v) is 11.9. The summed E-state index contributed by atoms with van der Waals surface area (Å²) in [7, 11) is 5.35. The first-order chi connectivity index (χ1) is 8.67. The number of carbonyl (C=O) groups excluding carboxylic acids is 1. The van der Waals surface area contributed by atoms with E-state index in [9.17, 15) is 4.79 Å². The Balaban J connectivity index is 2.37. The van der Waals surface area contributed by atoms with Crippen molar-refractivity contribution in [2.45, 2.75) is 4.90 Å². The summed E-state index contributed by atoms with van der Waals surface area (Å²) in [6, 6.07) is 7.73. The largest absolute Gasteiger partial charge is 0.497 e. The van der Waals surface area contributed by atoms with Gasteiger partial charge >= 0.3 is 0 Å². The number of methoxy groups -OCH3 is 1. The monoisotopic (exact) mass is 268 g/mol. The summed E-state index contributed by atoms with van der Waals surface area (Å²) in [5, 5.41) is 3.03. The molecule has 1 aromatic rings. The quantitative estimate of drug-likeness (QED) is 0.760. The molecule has 0 aliphatic carbocycles. The summed E-state index contributed by atoms with van der Waals surface area (Å²) >= 11 is 1.54. The number of hydrogen-bond acceptors (Lipinski definition) is 4. The standard InChI is InChI=1S/C13H20N2O2S/c1-14-8-9-15(2)13(16)10-18-12-6-4-11(17-3)5-7-12/h4-7,14H,8-10H2,1-3H3. The van der Waals surface area contributed by atoms with Gasteiger partial charge in [0.05, 0.1) is 12.9 Å². The summed E-state index contributed by atoms with van der Waals surface area (Å²) in [5.41, 5.74) is 0. The normalized spacial score (nSPS) is 10.2. The fourth-order valence-corrected chi connectivity index (χ4v) is 2.17. The molecule has 0 aromatic heterocycles. The minimum absolute atomic E-state index is 0.145. The van der Waals surface area contributed by atoms with Crippen LogP contribution in [0.2, 0.25) is 0 Å². The number of nitrogens with zero attached hydrogens (tertiary/aromatic N) is 1. The fraction of sp³-hybridized carbons (Fsp3) is 0.462. The Morgan fingerprint density at radius 2 is 2.06 bits per heavy atom. The lowest BCUT2D eigenvalue weighted by Crippen LogP contribution is -2.33. The number of ether oxygens (including phenoxy) is 1. The van der Waals surface area contributed by atoms with E-state index in [1.165, 1.54) is 0 Å². The lowest BCUT2D eigenvalue weighted by Gasteiger charge is -2.16. The predicted octanol–water partition coefficient (Wildman–Crippen LogP) is 1.47. The molecule has 0 spiro atoms. The lowest BCUT2D eigenvalue weighted by molar-refractivity contribution is -0.127. The van der Waals surface area contributed by atoms with Gasteiger partial charge in [-0.2, -0.15) is 0 Å². The smallest absolute Gasteiger partial charge is 0.232 e. The Kier molecular flexibility index (Phi) is 6.60. The maximum Gasteiger partial charge on any atom is 0.232 e. The van der Waals surface area contributed by atoms with Crippen molar-refractivity contribution in [1.29, 1.82) is 0 Å². The molecule has 1 amide bonds. The van der Waals surface area contributed by atoms with Gasteiger partial charge in [0, 0.05) is 25.0 Å². The van der Waals surface area contributed by atoms with Crippen molar-refractivity contribution < 1.29 is 9.53 Å². The number of rotatable bonds is 7. The van der Waals surface area contributed by atoms with Crippen LogP contribution in [0.15, 0.2) is 29.2 Å². The summed E-state index contributed by atoms with van der Waals surface area (Å²) in [6.45, 7) is 1.55. The third-order valence-electron chi connectivity index (χ3n) is 2.54. The van der Waals surface area contributed by atoms with Crippen molar-refractivity contribution in [3.05, 3.63) is 24.3 Å². The van der Waals surface area contributed by atoms with Gasteiger partial charge in [-0.1, -0.05) is 0 Å². The van der Waals surface area contributed by atoms with E-state index >= 15 is 0 Å². The van der Waals surface area contributed by atoms with E-state index in [2.05, 4.69) is 5.32 Å². The Morgan fingerprint density at radius 3 is 2.61 bits per heavy atom. The van der Waals surface area contributed by atoms with Gasteiger partial charge in [0.1, 0.15) is 5.75 Å². The Hall–Kier alpha value is -1.20. The van der Waals surface area contributed by atoms with E-state index in [-0.39, 0.29) is 5.91 Å². The highest BCUT2D eigenvalue weighted by atomic mass is 32.2. The minimum atomic E-state index is 0.145. The first-order valence-electron chi connectivity index (χ1n) is 5.82. The molecule has 0 atom stereocenters. The Morgan fingerprint density at radius 1 is 1.39 bits per heavy atom. The molecule has 0 heterocycles. The van der Waals surface area contributed by atoms with Gasteiger partial charge in [0.2, 0.25) is 5.91 Å². The van der Waals surface area contributed by atoms with Crippen LogP contribution in [-0.4, -0.2) is 50.9 Å². The molecule has 0 saturated heterocycles. The van der Waals surface area contributed by atoms with E-state index in [0.717, 1.165) is 23.7 Å². The van der Waals surface area contributed by atoms with E-state index in [1.54, 1.807) is 23.8 Å². The van der Waals surface area contributed by atoms with Crippen molar-refractivity contribution in [3.63, 3.8) is 0 Å². The van der Waals surface area contributed by atoms with Crippen LogP contribution in [0.3, 0.4) is 0 Å². The van der Waals surface area contributed by atoms with Crippen LogP contribution < -0.4 is 10.1 Å². The summed E-state index contributed by atoms with van der Waals surface area (Å²) in [6.07, 6.45) is 0. The van der Waals surface area contributed by atoms with E-state index in [4.69, 9.17) is 4.74 Å². The number of carbonyl (C=O) groups is 1. The van der Waals surface area contributed by atoms with Crippen LogP contribution in [0, 0.1) is 0 Å². The molecule has 0 saturated carbocycles. The van der Waals surface area contributed by atoms with E-state index in [1.807, 2.05) is 38.4 Å². The lowest BCUT2D eigenvalue weighted by atomic mass is 10.3. The van der Waals surface area contributed by atoms with Crippen LogP contribution in [0.25, 0.3) is 0 Å². The number of amides is 1. The second-order valence-electron chi connectivity index (χ2n) is 3.88. The molecule has 4 nitrogen and oxygen atoms in total. The SMILES string of the molecule is CNCCN(C)C(=O)CSc1ccc(OC)cc1. The molecular weight excluding hydrogens is 248 g/mol. The average Bonchev–Trinajstić information content (AvgIpc) is 2.42. The minimum Gasteiger partial charge on any atom is -0.497 e. The molecule has 0 aliphatic heterocycles. The number of hydrogen-bond donors (Lipinski definition) is 1. The third-order valence-corrected chi connectivity index (χ3v) is 3.54. The van der Waals surface area contributed by atoms with Gasteiger partial charge in [-0.3, -0.25) is 4.79 Å². The maximum atomic E-state index is 11.8. The number of nitrogens with one attached hydrogen (secondary N) is 1. The molecule has 1 N–H and O–H groups in total. The van der Waals surface area contributed by atoms with E-state index in [0.29, 0.717) is 5.75 Å². The number of likely N-dealkylation sites (N-methyl/N-ethyl adjacent to an activating group) is 2. The highest BCUT2D eigenvalue weighted by Crippen LogP contribution is 2.21. The second-order valence-corrected chi connectivity index (χ2v) is 4.93. The highest BCUT2D eigenvalue weighted by molar-refractivity contribution is 8.00. The van der Waals surface area contributed by atoms with Gasteiger partial charge in [-0.05, 0) is 31.3 Å². The topological polar surface area (TPSA) is 41.6 Å². The first-order valence-corrected chi connectivity index (χ1v) is 6.81. The molecule has 1 rings (SSSR count). The molecule has 0 bridgehead atoms. The molecule has 0 fully saturated rings. The molecule has 0 unspecified atom stereocenters. The van der Waals surface area contributed by atoms with Crippen molar-refractivity contribution in [3.8, 4) is 5.75 Å². The maximum absolute atomic E-state index is 11.8. The molecule has 100 valence electrons. The average molecular weight is 268 g/mol. The van der Waals surface area contributed by atoms with Gasteiger partial charge in [0.25, 0.3) is 0 Å². The summed E-state index contributed by atoms with van der Waals surface area (Å²) in [4.78, 5) is 14.6. The van der Waals surface area contributed by atoms with Gasteiger partial charge < -0.3 is 15.0 Å². The highest BCUT2D eigenvalue weighted by Gasteiger charge is 2.08. The zero-order valence-electron chi connectivity index (χ0n) is 11.1. The van der Waals surface area contributed by atoms with Crippen LogP contribution in [0.5, 0.6) is 5.75 Å². The fourth-order valence-electron chi connectivity index (χ4n) is 1.33. The molecular formula is C13H20N2O2S. The van der Waals surface area contributed by atoms with Crippen molar-refractivity contribution >= 4 is 17.7 Å².